The molecule has 0 aliphatic heterocycles. The molecule has 0 saturated heterocycles. The van der Waals surface area contributed by atoms with Crippen molar-refractivity contribution in [3.05, 3.63) is 28.8 Å². The van der Waals surface area contributed by atoms with Crippen molar-refractivity contribution >= 4 is 0 Å². The normalized spacial score (nSPS) is 13.2. The standard InChI is InChI=1S/C13H21NO/c1-8(2)11-6-12(10(4)7-14)9(3)5-13(11)15/h5-6,8,10,15H,7,14H2,1-4H3. The molecule has 2 nitrogen and oxygen atoms in total. The molecule has 2 heteroatoms. The van der Waals surface area contributed by atoms with Crippen LogP contribution in [-0.4, -0.2) is 11.7 Å². The Bertz CT molecular complexity index is 345. The van der Waals surface area contributed by atoms with Gasteiger partial charge >= 0.3 is 0 Å². The van der Waals surface area contributed by atoms with Crippen LogP contribution in [-0.2, 0) is 0 Å². The summed E-state index contributed by atoms with van der Waals surface area (Å²) in [6.07, 6.45) is 0. The summed E-state index contributed by atoms with van der Waals surface area (Å²) in [4.78, 5) is 0. The third-order valence-electron chi connectivity index (χ3n) is 2.92. The minimum atomic E-state index is 0.342. The molecule has 0 saturated carbocycles. The Labute approximate surface area is 92.1 Å². The molecule has 84 valence electrons. The molecule has 0 radical (unpaired) electrons. The van der Waals surface area contributed by atoms with Crippen LogP contribution in [0.15, 0.2) is 12.1 Å². The average molecular weight is 207 g/mol. The van der Waals surface area contributed by atoms with E-state index in [1.807, 2.05) is 13.0 Å². The molecule has 1 unspecified atom stereocenters. The molecule has 1 rings (SSSR count). The molecule has 0 aromatic heterocycles. The van der Waals surface area contributed by atoms with Gasteiger partial charge < -0.3 is 10.8 Å². The van der Waals surface area contributed by atoms with Gasteiger partial charge in [0.15, 0.2) is 0 Å². The summed E-state index contributed by atoms with van der Waals surface area (Å²) in [5, 5.41) is 9.81. The molecule has 0 fully saturated rings. The zero-order chi connectivity index (χ0) is 11.6. The van der Waals surface area contributed by atoms with Crippen LogP contribution < -0.4 is 5.73 Å². The molecule has 1 aromatic carbocycles. The number of aromatic hydroxyl groups is 1. The number of hydrogen-bond acceptors (Lipinski definition) is 2. The zero-order valence-corrected chi connectivity index (χ0v) is 10.0. The van der Waals surface area contributed by atoms with Gasteiger partial charge in [0.2, 0.25) is 0 Å². The summed E-state index contributed by atoms with van der Waals surface area (Å²) in [5.41, 5.74) is 9.05. The lowest BCUT2D eigenvalue weighted by atomic mass is 9.90. The number of phenols is 1. The van der Waals surface area contributed by atoms with Crippen LogP contribution in [0.5, 0.6) is 5.75 Å². The van der Waals surface area contributed by atoms with Crippen molar-refractivity contribution in [3.8, 4) is 5.75 Å². The second-order valence-corrected chi connectivity index (χ2v) is 4.56. The molecule has 0 heterocycles. The minimum absolute atomic E-state index is 0.342. The van der Waals surface area contributed by atoms with Crippen molar-refractivity contribution in [2.45, 2.75) is 39.5 Å². The summed E-state index contributed by atoms with van der Waals surface area (Å²) in [5.74, 6) is 1.09. The van der Waals surface area contributed by atoms with E-state index in [1.165, 1.54) is 5.56 Å². The van der Waals surface area contributed by atoms with Crippen LogP contribution in [0.4, 0.5) is 0 Å². The summed E-state index contributed by atoms with van der Waals surface area (Å²) in [6, 6.07) is 3.93. The predicted octanol–water partition coefficient (Wildman–Crippen LogP) is 2.89. The van der Waals surface area contributed by atoms with E-state index in [0.717, 1.165) is 11.1 Å². The summed E-state index contributed by atoms with van der Waals surface area (Å²) in [6.45, 7) is 8.94. The minimum Gasteiger partial charge on any atom is -0.508 e. The highest BCUT2D eigenvalue weighted by atomic mass is 16.3. The van der Waals surface area contributed by atoms with E-state index in [2.05, 4.69) is 26.8 Å². The Morgan fingerprint density at radius 3 is 2.27 bits per heavy atom. The van der Waals surface area contributed by atoms with E-state index >= 15 is 0 Å². The molecule has 0 aliphatic rings. The molecule has 1 atom stereocenters. The van der Waals surface area contributed by atoms with Gasteiger partial charge in [-0.1, -0.05) is 26.8 Å². The lowest BCUT2D eigenvalue weighted by Crippen LogP contribution is -2.10. The van der Waals surface area contributed by atoms with Crippen LogP contribution in [0.2, 0.25) is 0 Å². The highest BCUT2D eigenvalue weighted by Crippen LogP contribution is 2.31. The van der Waals surface area contributed by atoms with Crippen LogP contribution in [0.3, 0.4) is 0 Å². The number of benzene rings is 1. The number of phenolic OH excluding ortho intramolecular Hbond substituents is 1. The molecular weight excluding hydrogens is 186 g/mol. The van der Waals surface area contributed by atoms with Gasteiger partial charge in [-0.15, -0.1) is 0 Å². The fraction of sp³-hybridized carbons (Fsp3) is 0.538. The summed E-state index contributed by atoms with van der Waals surface area (Å²) < 4.78 is 0. The van der Waals surface area contributed by atoms with Gasteiger partial charge in [0.05, 0.1) is 0 Å². The first kappa shape index (κ1) is 12.1. The van der Waals surface area contributed by atoms with E-state index in [0.29, 0.717) is 24.1 Å². The Balaban J connectivity index is 3.23. The Hall–Kier alpha value is -1.02. The first-order valence-corrected chi connectivity index (χ1v) is 5.50. The van der Waals surface area contributed by atoms with Crippen molar-refractivity contribution in [2.24, 2.45) is 5.73 Å². The van der Waals surface area contributed by atoms with Crippen LogP contribution in [0.1, 0.15) is 49.3 Å². The number of rotatable bonds is 3. The molecule has 0 aliphatic carbocycles. The molecular formula is C13H21NO. The van der Waals surface area contributed by atoms with E-state index in [9.17, 15) is 5.11 Å². The van der Waals surface area contributed by atoms with Gasteiger partial charge in [-0.3, -0.25) is 0 Å². The lowest BCUT2D eigenvalue weighted by Gasteiger charge is -2.17. The summed E-state index contributed by atoms with van der Waals surface area (Å²) >= 11 is 0. The van der Waals surface area contributed by atoms with Crippen molar-refractivity contribution in [2.75, 3.05) is 6.54 Å². The second kappa shape index (κ2) is 4.67. The van der Waals surface area contributed by atoms with Gasteiger partial charge in [-0.2, -0.15) is 0 Å². The van der Waals surface area contributed by atoms with Gasteiger partial charge in [-0.25, -0.2) is 0 Å². The van der Waals surface area contributed by atoms with Crippen LogP contribution >= 0.6 is 0 Å². The fourth-order valence-corrected chi connectivity index (χ4v) is 1.85. The predicted molar refractivity (Wildman–Crippen MR) is 64.4 cm³/mol. The third kappa shape index (κ3) is 2.51. The van der Waals surface area contributed by atoms with E-state index in [1.54, 1.807) is 0 Å². The van der Waals surface area contributed by atoms with Gasteiger partial charge in [0.1, 0.15) is 5.75 Å². The molecule has 0 spiro atoms. The second-order valence-electron chi connectivity index (χ2n) is 4.56. The maximum absolute atomic E-state index is 9.81. The lowest BCUT2D eigenvalue weighted by molar-refractivity contribution is 0.463. The molecule has 3 N–H and O–H groups in total. The Kier molecular flexibility index (Phi) is 3.75. The number of hydrogen-bond donors (Lipinski definition) is 2. The maximum Gasteiger partial charge on any atom is 0.119 e. The van der Waals surface area contributed by atoms with Gasteiger partial charge in [-0.05, 0) is 48.1 Å². The van der Waals surface area contributed by atoms with Crippen LogP contribution in [0, 0.1) is 6.92 Å². The highest BCUT2D eigenvalue weighted by Gasteiger charge is 2.13. The molecule has 1 aromatic rings. The highest BCUT2D eigenvalue weighted by molar-refractivity contribution is 5.44. The quantitative estimate of drug-likeness (QED) is 0.800. The third-order valence-corrected chi connectivity index (χ3v) is 2.92. The number of nitrogens with two attached hydrogens (primary N) is 1. The maximum atomic E-state index is 9.81. The Morgan fingerprint density at radius 2 is 1.80 bits per heavy atom. The SMILES string of the molecule is Cc1cc(O)c(C(C)C)cc1C(C)CN. The smallest absolute Gasteiger partial charge is 0.119 e. The topological polar surface area (TPSA) is 46.2 Å². The largest absolute Gasteiger partial charge is 0.508 e. The van der Waals surface area contributed by atoms with E-state index in [4.69, 9.17) is 5.73 Å². The number of aryl methyl sites for hydroxylation is 1. The van der Waals surface area contributed by atoms with Gasteiger partial charge in [0.25, 0.3) is 0 Å². The van der Waals surface area contributed by atoms with E-state index < -0.39 is 0 Å². The zero-order valence-electron chi connectivity index (χ0n) is 10.0. The molecule has 15 heavy (non-hydrogen) atoms. The van der Waals surface area contributed by atoms with Gasteiger partial charge in [0, 0.05) is 0 Å². The van der Waals surface area contributed by atoms with Crippen molar-refractivity contribution in [3.63, 3.8) is 0 Å². The van der Waals surface area contributed by atoms with Crippen molar-refractivity contribution < 1.29 is 5.11 Å². The molecule has 0 bridgehead atoms. The Morgan fingerprint density at radius 1 is 1.20 bits per heavy atom. The average Bonchev–Trinajstić information content (AvgIpc) is 2.16. The summed E-state index contributed by atoms with van der Waals surface area (Å²) in [7, 11) is 0. The van der Waals surface area contributed by atoms with E-state index in [-0.39, 0.29) is 0 Å². The first-order valence-electron chi connectivity index (χ1n) is 5.50. The van der Waals surface area contributed by atoms with Crippen molar-refractivity contribution in [1.82, 2.24) is 0 Å². The first-order chi connectivity index (χ1) is 6.97. The monoisotopic (exact) mass is 207 g/mol. The molecule has 0 amide bonds. The fourth-order valence-electron chi connectivity index (χ4n) is 1.85. The van der Waals surface area contributed by atoms with Crippen LogP contribution in [0.25, 0.3) is 0 Å². The van der Waals surface area contributed by atoms with Crippen molar-refractivity contribution in [1.29, 1.82) is 0 Å².